The van der Waals surface area contributed by atoms with Crippen LogP contribution in [0.15, 0.2) is 67.0 Å². The van der Waals surface area contributed by atoms with Crippen molar-refractivity contribution in [1.29, 1.82) is 0 Å². The zero-order valence-corrected chi connectivity index (χ0v) is 19.3. The van der Waals surface area contributed by atoms with Crippen LogP contribution in [0.25, 0.3) is 11.1 Å². The van der Waals surface area contributed by atoms with Crippen molar-refractivity contribution in [3.63, 3.8) is 0 Å². The number of amides is 1. The number of fused-ring (bicyclic) bond motifs is 3. The van der Waals surface area contributed by atoms with Gasteiger partial charge in [-0.1, -0.05) is 30.3 Å². The number of ether oxygens (including phenoxy) is 1. The molecule has 5 rings (SSSR count). The molecule has 170 valence electrons. The second-order valence-corrected chi connectivity index (χ2v) is 8.96. The van der Waals surface area contributed by atoms with Gasteiger partial charge in [-0.05, 0) is 55.1 Å². The molecule has 1 fully saturated rings. The monoisotopic (exact) mass is 442 g/mol. The van der Waals surface area contributed by atoms with E-state index in [4.69, 9.17) is 4.74 Å². The van der Waals surface area contributed by atoms with Crippen LogP contribution >= 0.6 is 0 Å². The third-order valence-electron chi connectivity index (χ3n) is 6.55. The molecule has 0 radical (unpaired) electrons. The van der Waals surface area contributed by atoms with Crippen LogP contribution in [0.1, 0.15) is 27.5 Å². The molecule has 1 atom stereocenters. The van der Waals surface area contributed by atoms with Crippen LogP contribution in [-0.2, 0) is 0 Å². The van der Waals surface area contributed by atoms with Crippen molar-refractivity contribution in [1.82, 2.24) is 19.7 Å². The predicted octanol–water partition coefficient (Wildman–Crippen LogP) is 3.55. The Morgan fingerprint density at radius 3 is 2.61 bits per heavy atom. The van der Waals surface area contributed by atoms with Gasteiger partial charge in [0.2, 0.25) is 0 Å². The first-order valence-corrected chi connectivity index (χ1v) is 11.6. The summed E-state index contributed by atoms with van der Waals surface area (Å²) < 4.78 is 5.82. The van der Waals surface area contributed by atoms with Gasteiger partial charge in [-0.25, -0.2) is 0 Å². The summed E-state index contributed by atoms with van der Waals surface area (Å²) in [6.07, 6.45) is 3.85. The highest BCUT2D eigenvalue weighted by Gasteiger charge is 2.35. The van der Waals surface area contributed by atoms with Gasteiger partial charge in [-0.2, -0.15) is 0 Å². The fraction of sp³-hybridized carbons (Fsp3) is 0.333. The minimum atomic E-state index is 0.0733. The van der Waals surface area contributed by atoms with Crippen LogP contribution in [0.4, 0.5) is 0 Å². The first-order valence-electron chi connectivity index (χ1n) is 11.6. The third-order valence-corrected chi connectivity index (χ3v) is 6.55. The van der Waals surface area contributed by atoms with Crippen LogP contribution in [0.3, 0.4) is 0 Å². The van der Waals surface area contributed by atoms with Crippen molar-refractivity contribution in [3.05, 3.63) is 83.7 Å². The highest BCUT2D eigenvalue weighted by atomic mass is 16.5. The summed E-state index contributed by atoms with van der Waals surface area (Å²) in [4.78, 5) is 24.1. The molecule has 6 nitrogen and oxygen atoms in total. The summed E-state index contributed by atoms with van der Waals surface area (Å²) in [5.41, 5.74) is 5.84. The van der Waals surface area contributed by atoms with Crippen molar-refractivity contribution in [3.8, 4) is 16.9 Å². The standard InChI is InChI=1S/C27H30N4O2/c1-29(2)16-17-33-21-7-5-6-20(18-21)27(32)31-14-12-30(13-15-31)26-23-9-4-3-8-22(23)25-19-28-11-10-24(25)26/h3-11,18-19,26H,12-17H2,1-2H3. The average Bonchev–Trinajstić information content (AvgIpc) is 3.18. The van der Waals surface area contributed by atoms with Gasteiger partial charge in [-0.3, -0.25) is 14.7 Å². The predicted molar refractivity (Wildman–Crippen MR) is 129 cm³/mol. The first-order chi connectivity index (χ1) is 16.1. The van der Waals surface area contributed by atoms with E-state index in [9.17, 15) is 4.79 Å². The van der Waals surface area contributed by atoms with Gasteiger partial charge in [0.1, 0.15) is 12.4 Å². The lowest BCUT2D eigenvalue weighted by atomic mass is 10.0. The molecule has 1 unspecified atom stereocenters. The third kappa shape index (κ3) is 4.36. The van der Waals surface area contributed by atoms with Crippen LogP contribution in [0.5, 0.6) is 5.75 Å². The minimum absolute atomic E-state index is 0.0733. The topological polar surface area (TPSA) is 48.9 Å². The smallest absolute Gasteiger partial charge is 0.254 e. The zero-order chi connectivity index (χ0) is 22.8. The van der Waals surface area contributed by atoms with Crippen LogP contribution in [-0.4, -0.2) is 79.0 Å². The van der Waals surface area contributed by atoms with Crippen molar-refractivity contribution >= 4 is 5.91 Å². The number of aromatic nitrogens is 1. The van der Waals surface area contributed by atoms with Crippen LogP contribution in [0.2, 0.25) is 0 Å². The Morgan fingerprint density at radius 2 is 1.79 bits per heavy atom. The Labute approximate surface area is 195 Å². The summed E-state index contributed by atoms with van der Waals surface area (Å²) in [5.74, 6) is 0.818. The maximum atomic E-state index is 13.2. The Morgan fingerprint density at radius 1 is 1.00 bits per heavy atom. The summed E-state index contributed by atoms with van der Waals surface area (Å²) >= 11 is 0. The van der Waals surface area contributed by atoms with Crippen LogP contribution in [0, 0.1) is 0 Å². The maximum absolute atomic E-state index is 13.2. The molecular formula is C27H30N4O2. The maximum Gasteiger partial charge on any atom is 0.254 e. The molecule has 33 heavy (non-hydrogen) atoms. The second-order valence-electron chi connectivity index (χ2n) is 8.96. The van der Waals surface area contributed by atoms with E-state index >= 15 is 0 Å². The number of nitrogens with zero attached hydrogens (tertiary/aromatic N) is 4. The Bertz CT molecular complexity index is 1090. The Kier molecular flexibility index (Phi) is 6.11. The summed E-state index contributed by atoms with van der Waals surface area (Å²) in [6.45, 7) is 4.54. The molecule has 0 N–H and O–H groups in total. The molecule has 0 bridgehead atoms. The van der Waals surface area contributed by atoms with Crippen LogP contribution < -0.4 is 4.74 Å². The average molecular weight is 443 g/mol. The highest BCUT2D eigenvalue weighted by molar-refractivity contribution is 5.94. The molecule has 1 aliphatic heterocycles. The molecule has 2 aliphatic rings. The number of hydrogen-bond donors (Lipinski definition) is 0. The molecule has 1 aliphatic carbocycles. The Hall–Kier alpha value is -3.22. The molecule has 2 heterocycles. The fourth-order valence-electron chi connectivity index (χ4n) is 4.84. The van der Waals surface area contributed by atoms with E-state index in [0.29, 0.717) is 25.3 Å². The normalized spacial score (nSPS) is 17.7. The van der Waals surface area contributed by atoms with E-state index in [1.165, 1.54) is 22.3 Å². The summed E-state index contributed by atoms with van der Waals surface area (Å²) in [7, 11) is 4.03. The largest absolute Gasteiger partial charge is 0.492 e. The molecule has 1 amide bonds. The van der Waals surface area contributed by atoms with E-state index in [1.807, 2.05) is 55.7 Å². The molecule has 1 saturated heterocycles. The van der Waals surface area contributed by atoms with Crippen molar-refractivity contribution in [2.24, 2.45) is 0 Å². The van der Waals surface area contributed by atoms with Gasteiger partial charge in [0, 0.05) is 56.2 Å². The van der Waals surface area contributed by atoms with E-state index in [2.05, 4.69) is 45.1 Å². The fourth-order valence-corrected chi connectivity index (χ4v) is 4.84. The number of carbonyl (C=O) groups is 1. The van der Waals surface area contributed by atoms with Gasteiger partial charge in [0.15, 0.2) is 0 Å². The molecule has 0 spiro atoms. The van der Waals surface area contributed by atoms with Gasteiger partial charge in [0.25, 0.3) is 5.91 Å². The lowest BCUT2D eigenvalue weighted by Gasteiger charge is -2.38. The highest BCUT2D eigenvalue weighted by Crippen LogP contribution is 2.45. The molecular weight excluding hydrogens is 412 g/mol. The number of hydrogen-bond acceptors (Lipinski definition) is 5. The summed E-state index contributed by atoms with van der Waals surface area (Å²) in [5, 5.41) is 0. The van der Waals surface area contributed by atoms with E-state index in [1.54, 1.807) is 0 Å². The van der Waals surface area contributed by atoms with Gasteiger partial charge < -0.3 is 14.5 Å². The van der Waals surface area contributed by atoms with Crippen molar-refractivity contribution in [2.75, 3.05) is 53.4 Å². The lowest BCUT2D eigenvalue weighted by Crippen LogP contribution is -2.49. The van der Waals surface area contributed by atoms with Crippen molar-refractivity contribution in [2.45, 2.75) is 6.04 Å². The first kappa shape index (κ1) is 21.6. The summed E-state index contributed by atoms with van der Waals surface area (Å²) in [6, 6.07) is 18.5. The SMILES string of the molecule is CN(C)CCOc1cccc(C(=O)N2CCN(C3c4ccccc4-c4cnccc43)CC2)c1. The van der Waals surface area contributed by atoms with E-state index < -0.39 is 0 Å². The number of piperazine rings is 1. The molecule has 1 aromatic heterocycles. The number of benzene rings is 2. The Balaban J connectivity index is 1.26. The zero-order valence-electron chi connectivity index (χ0n) is 19.3. The number of carbonyl (C=O) groups excluding carboxylic acids is 1. The van der Waals surface area contributed by atoms with Gasteiger partial charge in [-0.15, -0.1) is 0 Å². The molecule has 6 heteroatoms. The number of likely N-dealkylation sites (N-methyl/N-ethyl adjacent to an activating group) is 1. The molecule has 0 saturated carbocycles. The second kappa shape index (κ2) is 9.33. The minimum Gasteiger partial charge on any atom is -0.492 e. The lowest BCUT2D eigenvalue weighted by molar-refractivity contribution is 0.0599. The molecule has 2 aromatic carbocycles. The van der Waals surface area contributed by atoms with E-state index in [0.717, 1.165) is 25.4 Å². The van der Waals surface area contributed by atoms with Gasteiger partial charge in [0.05, 0.1) is 6.04 Å². The number of rotatable bonds is 6. The van der Waals surface area contributed by atoms with E-state index in [-0.39, 0.29) is 11.9 Å². The van der Waals surface area contributed by atoms with Crippen molar-refractivity contribution < 1.29 is 9.53 Å². The quantitative estimate of drug-likeness (QED) is 0.584. The molecule has 3 aromatic rings. The number of pyridine rings is 1. The van der Waals surface area contributed by atoms with Gasteiger partial charge >= 0.3 is 0 Å².